The number of halogens is 1. The first-order valence-electron chi connectivity index (χ1n) is 8.65. The molecular weight excluding hydrogens is 315 g/mol. The molecule has 2 atom stereocenters. The fourth-order valence-electron chi connectivity index (χ4n) is 3.44. The van der Waals surface area contributed by atoms with Gasteiger partial charge in [0.15, 0.2) is 5.82 Å². The maximum Gasteiger partial charge on any atom is 0.159 e. The average Bonchev–Trinajstić information content (AvgIpc) is 2.64. The molecule has 0 bridgehead atoms. The molecule has 2 aromatic carbocycles. The number of rotatable bonds is 2. The summed E-state index contributed by atoms with van der Waals surface area (Å²) in [5.41, 5.74) is 1.66. The van der Waals surface area contributed by atoms with Crippen molar-refractivity contribution in [3.8, 4) is 11.3 Å². The maximum atomic E-state index is 13.3. The minimum atomic E-state index is -0.249. The molecule has 4 rings (SSSR count). The third-order valence-electron chi connectivity index (χ3n) is 4.82. The van der Waals surface area contributed by atoms with Crippen LogP contribution in [-0.4, -0.2) is 35.4 Å². The number of aromatic nitrogens is 2. The second-order valence-electron chi connectivity index (χ2n) is 6.74. The van der Waals surface area contributed by atoms with Gasteiger partial charge < -0.3 is 10.2 Å². The van der Waals surface area contributed by atoms with Crippen LogP contribution in [0.5, 0.6) is 0 Å². The minimum Gasteiger partial charge on any atom is -0.349 e. The fourth-order valence-corrected chi connectivity index (χ4v) is 3.44. The highest BCUT2D eigenvalue weighted by Gasteiger charge is 2.26. The van der Waals surface area contributed by atoms with Gasteiger partial charge in [-0.1, -0.05) is 24.3 Å². The van der Waals surface area contributed by atoms with E-state index >= 15 is 0 Å². The number of nitrogens with zero attached hydrogens (tertiary/aromatic N) is 3. The normalized spacial score (nSPS) is 20.8. The molecule has 1 N–H and O–H groups in total. The molecule has 0 unspecified atom stereocenters. The first-order valence-corrected chi connectivity index (χ1v) is 8.65. The molecule has 25 heavy (non-hydrogen) atoms. The Morgan fingerprint density at radius 2 is 1.72 bits per heavy atom. The van der Waals surface area contributed by atoms with Gasteiger partial charge in [0.05, 0.1) is 0 Å². The van der Waals surface area contributed by atoms with Crippen LogP contribution < -0.4 is 10.2 Å². The maximum absolute atomic E-state index is 13.3. The van der Waals surface area contributed by atoms with Crippen LogP contribution >= 0.6 is 0 Å². The molecule has 1 aromatic heterocycles. The second-order valence-corrected chi connectivity index (χ2v) is 6.74. The number of fused-ring (bicyclic) bond motifs is 1. The molecule has 1 aliphatic heterocycles. The van der Waals surface area contributed by atoms with Gasteiger partial charge in [0.2, 0.25) is 0 Å². The Labute approximate surface area is 146 Å². The van der Waals surface area contributed by atoms with Crippen molar-refractivity contribution in [1.82, 2.24) is 15.5 Å². The van der Waals surface area contributed by atoms with Gasteiger partial charge in [-0.3, -0.25) is 0 Å². The summed E-state index contributed by atoms with van der Waals surface area (Å²) in [7, 11) is 0. The largest absolute Gasteiger partial charge is 0.349 e. The van der Waals surface area contributed by atoms with Crippen molar-refractivity contribution in [3.63, 3.8) is 0 Å². The van der Waals surface area contributed by atoms with Crippen LogP contribution in [0.1, 0.15) is 13.8 Å². The number of hydrogen-bond acceptors (Lipinski definition) is 4. The van der Waals surface area contributed by atoms with Gasteiger partial charge in [-0.05, 0) is 38.1 Å². The van der Waals surface area contributed by atoms with Crippen LogP contribution in [0.3, 0.4) is 0 Å². The molecule has 1 saturated heterocycles. The molecule has 0 spiro atoms. The van der Waals surface area contributed by atoms with E-state index in [2.05, 4.69) is 46.4 Å². The zero-order chi connectivity index (χ0) is 17.4. The first kappa shape index (κ1) is 16.0. The summed E-state index contributed by atoms with van der Waals surface area (Å²) in [6.07, 6.45) is 0. The first-order chi connectivity index (χ1) is 12.1. The molecule has 128 valence electrons. The van der Waals surface area contributed by atoms with Crippen LogP contribution in [0.2, 0.25) is 0 Å². The predicted molar refractivity (Wildman–Crippen MR) is 99.2 cm³/mol. The number of benzene rings is 2. The lowest BCUT2D eigenvalue weighted by atomic mass is 10.0. The summed E-state index contributed by atoms with van der Waals surface area (Å²) < 4.78 is 13.3. The van der Waals surface area contributed by atoms with Crippen molar-refractivity contribution in [2.24, 2.45) is 0 Å². The van der Waals surface area contributed by atoms with Gasteiger partial charge in [0, 0.05) is 41.5 Å². The molecular formula is C20H21FN4. The molecule has 5 heteroatoms. The summed E-state index contributed by atoms with van der Waals surface area (Å²) in [6, 6.07) is 15.4. The van der Waals surface area contributed by atoms with E-state index in [1.165, 1.54) is 12.1 Å². The van der Waals surface area contributed by atoms with E-state index in [-0.39, 0.29) is 5.82 Å². The molecule has 0 radical (unpaired) electrons. The van der Waals surface area contributed by atoms with Crippen molar-refractivity contribution in [2.45, 2.75) is 25.9 Å². The second kappa shape index (κ2) is 6.41. The highest BCUT2D eigenvalue weighted by atomic mass is 19.1. The Balaban J connectivity index is 1.86. The van der Waals surface area contributed by atoms with Gasteiger partial charge in [-0.2, -0.15) is 0 Å². The topological polar surface area (TPSA) is 41.1 Å². The summed E-state index contributed by atoms with van der Waals surface area (Å²) >= 11 is 0. The lowest BCUT2D eigenvalue weighted by Crippen LogP contribution is -2.54. The third kappa shape index (κ3) is 2.96. The van der Waals surface area contributed by atoms with Gasteiger partial charge in [0.25, 0.3) is 0 Å². The highest BCUT2D eigenvalue weighted by molar-refractivity contribution is 6.00. The molecule has 3 aromatic rings. The molecule has 2 heterocycles. The van der Waals surface area contributed by atoms with E-state index < -0.39 is 0 Å². The van der Waals surface area contributed by atoms with Crippen molar-refractivity contribution in [2.75, 3.05) is 18.0 Å². The summed E-state index contributed by atoms with van der Waals surface area (Å²) in [4.78, 5) is 2.32. The quantitative estimate of drug-likeness (QED) is 0.776. The highest BCUT2D eigenvalue weighted by Crippen LogP contribution is 2.32. The van der Waals surface area contributed by atoms with E-state index in [4.69, 9.17) is 0 Å². The lowest BCUT2D eigenvalue weighted by Gasteiger charge is -2.38. The minimum absolute atomic E-state index is 0.249. The summed E-state index contributed by atoms with van der Waals surface area (Å²) in [6.45, 7) is 6.21. The summed E-state index contributed by atoms with van der Waals surface area (Å²) in [5.74, 6) is 0.670. The Morgan fingerprint density at radius 1 is 1.00 bits per heavy atom. The number of anilines is 1. The van der Waals surface area contributed by atoms with Crippen molar-refractivity contribution in [1.29, 1.82) is 0 Å². The van der Waals surface area contributed by atoms with Gasteiger partial charge in [0.1, 0.15) is 11.5 Å². The molecule has 0 aliphatic carbocycles. The van der Waals surface area contributed by atoms with Crippen LogP contribution in [-0.2, 0) is 0 Å². The Hall–Kier alpha value is -2.53. The molecule has 0 saturated carbocycles. The zero-order valence-electron chi connectivity index (χ0n) is 14.4. The van der Waals surface area contributed by atoms with Crippen LogP contribution in [0, 0.1) is 5.82 Å². The van der Waals surface area contributed by atoms with E-state index in [0.29, 0.717) is 12.1 Å². The van der Waals surface area contributed by atoms with Crippen molar-refractivity contribution >= 4 is 16.6 Å². The van der Waals surface area contributed by atoms with Gasteiger partial charge in [-0.25, -0.2) is 4.39 Å². The Kier molecular flexibility index (Phi) is 4.09. The van der Waals surface area contributed by atoms with E-state index in [1.54, 1.807) is 12.1 Å². The number of nitrogens with one attached hydrogen (secondary N) is 1. The third-order valence-corrected chi connectivity index (χ3v) is 4.82. The SMILES string of the molecule is C[C@@H]1CN(c2nnc(-c3ccc(F)cc3)c3ccccc23)[C@@H](C)CN1. The number of hydrogen-bond donors (Lipinski definition) is 1. The molecule has 1 aliphatic rings. The van der Waals surface area contributed by atoms with E-state index in [9.17, 15) is 4.39 Å². The van der Waals surface area contributed by atoms with Crippen molar-refractivity contribution in [3.05, 3.63) is 54.3 Å². The van der Waals surface area contributed by atoms with Crippen LogP contribution in [0.25, 0.3) is 22.0 Å². The number of piperazine rings is 1. The predicted octanol–water partition coefficient (Wildman–Crippen LogP) is 3.62. The summed E-state index contributed by atoms with van der Waals surface area (Å²) in [5, 5.41) is 14.7. The van der Waals surface area contributed by atoms with Crippen LogP contribution in [0.4, 0.5) is 10.2 Å². The molecule has 1 fully saturated rings. The van der Waals surface area contributed by atoms with Gasteiger partial charge >= 0.3 is 0 Å². The zero-order valence-corrected chi connectivity index (χ0v) is 14.4. The fraction of sp³-hybridized carbons (Fsp3) is 0.300. The van der Waals surface area contributed by atoms with Crippen molar-refractivity contribution < 1.29 is 4.39 Å². The van der Waals surface area contributed by atoms with E-state index in [0.717, 1.165) is 40.9 Å². The Bertz CT molecular complexity index is 894. The average molecular weight is 336 g/mol. The lowest BCUT2D eigenvalue weighted by molar-refractivity contribution is 0.422. The monoisotopic (exact) mass is 336 g/mol. The van der Waals surface area contributed by atoms with E-state index in [1.807, 2.05) is 12.1 Å². The standard InChI is InChI=1S/C20H21FN4/c1-13-12-25(14(2)11-22-13)20-18-6-4-3-5-17(18)19(23-24-20)15-7-9-16(21)10-8-15/h3-10,13-14,22H,11-12H2,1-2H3/t13-,14+/m1/s1. The van der Waals surface area contributed by atoms with Gasteiger partial charge in [-0.15, -0.1) is 10.2 Å². The smallest absolute Gasteiger partial charge is 0.159 e. The molecule has 0 amide bonds. The Morgan fingerprint density at radius 3 is 2.48 bits per heavy atom. The molecule has 4 nitrogen and oxygen atoms in total. The van der Waals surface area contributed by atoms with Crippen LogP contribution in [0.15, 0.2) is 48.5 Å².